The van der Waals surface area contributed by atoms with Gasteiger partial charge in [0.05, 0.1) is 24.3 Å². The van der Waals surface area contributed by atoms with Crippen LogP contribution in [-0.4, -0.2) is 13.1 Å². The molecule has 106 valence electrons. The Morgan fingerprint density at radius 1 is 1.24 bits per heavy atom. The van der Waals surface area contributed by atoms with Crippen LogP contribution in [0, 0.1) is 17.1 Å². The molecule has 0 N–H and O–H groups in total. The van der Waals surface area contributed by atoms with Crippen molar-refractivity contribution in [2.75, 3.05) is 7.11 Å². The summed E-state index contributed by atoms with van der Waals surface area (Å²) >= 11 is 0. The van der Waals surface area contributed by atoms with Gasteiger partial charge < -0.3 is 9.47 Å². The molecule has 0 amide bonds. The molecule has 4 nitrogen and oxygen atoms in total. The quantitative estimate of drug-likeness (QED) is 0.810. The third-order valence-corrected chi connectivity index (χ3v) is 2.84. The average molecular weight is 285 g/mol. The molecule has 2 aromatic rings. The summed E-state index contributed by atoms with van der Waals surface area (Å²) in [5.74, 6) is -0.905. The van der Waals surface area contributed by atoms with Crippen LogP contribution < -0.4 is 4.74 Å². The van der Waals surface area contributed by atoms with Crippen LogP contribution in [0.2, 0.25) is 0 Å². The van der Waals surface area contributed by atoms with Crippen molar-refractivity contribution in [1.29, 1.82) is 5.26 Å². The van der Waals surface area contributed by atoms with Crippen molar-refractivity contribution >= 4 is 5.97 Å². The fraction of sp³-hybridized carbons (Fsp3) is 0.125. The van der Waals surface area contributed by atoms with Crippen LogP contribution in [0.15, 0.2) is 42.5 Å². The molecule has 2 rings (SSSR count). The molecule has 0 unspecified atom stereocenters. The molecule has 0 fully saturated rings. The first-order valence-corrected chi connectivity index (χ1v) is 6.13. The highest BCUT2D eigenvalue weighted by Crippen LogP contribution is 2.18. The fourth-order valence-electron chi connectivity index (χ4n) is 1.71. The van der Waals surface area contributed by atoms with E-state index in [0.717, 1.165) is 0 Å². The minimum absolute atomic E-state index is 0.0419. The number of hydrogen-bond acceptors (Lipinski definition) is 4. The van der Waals surface area contributed by atoms with Crippen molar-refractivity contribution in [3.8, 4) is 11.8 Å². The van der Waals surface area contributed by atoms with E-state index < -0.39 is 11.8 Å². The largest absolute Gasteiger partial charge is 0.494 e. The number of halogens is 1. The van der Waals surface area contributed by atoms with Crippen molar-refractivity contribution in [2.45, 2.75) is 6.61 Å². The second-order valence-corrected chi connectivity index (χ2v) is 4.23. The van der Waals surface area contributed by atoms with Crippen LogP contribution in [0.3, 0.4) is 0 Å². The van der Waals surface area contributed by atoms with E-state index in [2.05, 4.69) is 0 Å². The molecule has 0 radical (unpaired) electrons. The van der Waals surface area contributed by atoms with Gasteiger partial charge in [0, 0.05) is 0 Å². The number of ether oxygens (including phenoxy) is 2. The molecule has 0 aliphatic rings. The first-order chi connectivity index (χ1) is 10.1. The summed E-state index contributed by atoms with van der Waals surface area (Å²) in [6, 6.07) is 12.4. The van der Waals surface area contributed by atoms with Gasteiger partial charge in [-0.25, -0.2) is 9.18 Å². The highest BCUT2D eigenvalue weighted by atomic mass is 19.1. The van der Waals surface area contributed by atoms with E-state index in [4.69, 9.17) is 14.7 Å². The van der Waals surface area contributed by atoms with E-state index in [9.17, 15) is 9.18 Å². The van der Waals surface area contributed by atoms with E-state index in [1.54, 1.807) is 6.07 Å². The van der Waals surface area contributed by atoms with Gasteiger partial charge in [-0.2, -0.15) is 5.26 Å². The monoisotopic (exact) mass is 285 g/mol. The number of nitrogens with zero attached hydrogens (tertiary/aromatic N) is 1. The number of benzene rings is 2. The zero-order valence-electron chi connectivity index (χ0n) is 11.3. The van der Waals surface area contributed by atoms with Crippen molar-refractivity contribution in [3.05, 3.63) is 65.0 Å². The number of carbonyl (C=O) groups excluding carboxylic acids is 1. The third-order valence-electron chi connectivity index (χ3n) is 2.84. The zero-order chi connectivity index (χ0) is 15.2. The summed E-state index contributed by atoms with van der Waals surface area (Å²) in [5.41, 5.74) is 1.32. The lowest BCUT2D eigenvalue weighted by Crippen LogP contribution is -2.05. The Bertz CT molecular complexity index is 690. The first-order valence-electron chi connectivity index (χ1n) is 6.13. The zero-order valence-corrected chi connectivity index (χ0v) is 11.3. The van der Waals surface area contributed by atoms with Crippen molar-refractivity contribution < 1.29 is 18.7 Å². The second kappa shape index (κ2) is 6.53. The molecule has 0 saturated carbocycles. The number of hydrogen-bond donors (Lipinski definition) is 0. The summed E-state index contributed by atoms with van der Waals surface area (Å²) in [6.45, 7) is -0.0419. The predicted molar refractivity (Wildman–Crippen MR) is 73.2 cm³/mol. The molecule has 0 atom stereocenters. The van der Waals surface area contributed by atoms with Gasteiger partial charge in [0.25, 0.3) is 0 Å². The first kappa shape index (κ1) is 14.5. The highest BCUT2D eigenvalue weighted by Gasteiger charge is 2.09. The lowest BCUT2D eigenvalue weighted by molar-refractivity contribution is 0.0472. The average Bonchev–Trinajstić information content (AvgIpc) is 2.52. The SMILES string of the molecule is COc1ccc(COC(=O)c2ccc(C#N)cc2)cc1F. The molecule has 21 heavy (non-hydrogen) atoms. The maximum absolute atomic E-state index is 13.5. The molecule has 0 saturated heterocycles. The van der Waals surface area contributed by atoms with Gasteiger partial charge in [0.1, 0.15) is 6.61 Å². The maximum Gasteiger partial charge on any atom is 0.338 e. The smallest absolute Gasteiger partial charge is 0.338 e. The molecule has 5 heteroatoms. The maximum atomic E-state index is 13.5. The van der Waals surface area contributed by atoms with Crippen LogP contribution in [0.4, 0.5) is 4.39 Å². The predicted octanol–water partition coefficient (Wildman–Crippen LogP) is 3.06. The standard InChI is InChI=1S/C16H12FNO3/c1-20-15-7-4-12(8-14(15)17)10-21-16(19)13-5-2-11(9-18)3-6-13/h2-8H,10H2,1H3. The molecule has 0 heterocycles. The minimum atomic E-state index is -0.532. The number of carbonyl (C=O) groups is 1. The van der Waals surface area contributed by atoms with Gasteiger partial charge >= 0.3 is 5.97 Å². The Kier molecular flexibility index (Phi) is 4.52. The Morgan fingerprint density at radius 2 is 1.95 bits per heavy atom. The van der Waals surface area contributed by atoms with E-state index >= 15 is 0 Å². The van der Waals surface area contributed by atoms with Crippen molar-refractivity contribution in [3.63, 3.8) is 0 Å². The summed E-state index contributed by atoms with van der Waals surface area (Å²) in [5, 5.41) is 8.68. The van der Waals surface area contributed by atoms with Crippen LogP contribution in [-0.2, 0) is 11.3 Å². The third kappa shape index (κ3) is 3.57. The minimum Gasteiger partial charge on any atom is -0.494 e. The molecule has 0 bridgehead atoms. The second-order valence-electron chi connectivity index (χ2n) is 4.23. The van der Waals surface area contributed by atoms with Gasteiger partial charge in [0.15, 0.2) is 11.6 Å². The van der Waals surface area contributed by atoms with Crippen molar-refractivity contribution in [1.82, 2.24) is 0 Å². The number of rotatable bonds is 4. The van der Waals surface area contributed by atoms with Gasteiger partial charge in [-0.15, -0.1) is 0 Å². The van der Waals surface area contributed by atoms with E-state index in [1.807, 2.05) is 6.07 Å². The molecule has 0 aromatic heterocycles. The summed E-state index contributed by atoms with van der Waals surface area (Å²) in [7, 11) is 1.38. The van der Waals surface area contributed by atoms with E-state index in [1.165, 1.54) is 43.5 Å². The van der Waals surface area contributed by atoms with Crippen molar-refractivity contribution in [2.24, 2.45) is 0 Å². The number of nitriles is 1. The topological polar surface area (TPSA) is 59.3 Å². The van der Waals surface area contributed by atoms with Crippen LogP contribution in [0.1, 0.15) is 21.5 Å². The summed E-state index contributed by atoms with van der Waals surface area (Å²) in [4.78, 5) is 11.8. The number of methoxy groups -OCH3 is 1. The fourth-order valence-corrected chi connectivity index (χ4v) is 1.71. The Labute approximate surface area is 121 Å². The number of esters is 1. The molecule has 0 spiro atoms. The van der Waals surface area contributed by atoms with Crippen LogP contribution in [0.25, 0.3) is 0 Å². The molecule has 2 aromatic carbocycles. The van der Waals surface area contributed by atoms with Gasteiger partial charge in [0.2, 0.25) is 0 Å². The summed E-state index contributed by atoms with van der Waals surface area (Å²) in [6.07, 6.45) is 0. The van der Waals surface area contributed by atoms with Crippen LogP contribution >= 0.6 is 0 Å². The molecule has 0 aliphatic heterocycles. The lowest BCUT2D eigenvalue weighted by atomic mass is 10.1. The Balaban J connectivity index is 2.00. The highest BCUT2D eigenvalue weighted by molar-refractivity contribution is 5.89. The van der Waals surface area contributed by atoms with Crippen LogP contribution in [0.5, 0.6) is 5.75 Å². The lowest BCUT2D eigenvalue weighted by Gasteiger charge is -2.07. The van der Waals surface area contributed by atoms with Gasteiger partial charge in [-0.3, -0.25) is 0 Å². The Hall–Kier alpha value is -2.87. The molecule has 0 aliphatic carbocycles. The van der Waals surface area contributed by atoms with Gasteiger partial charge in [-0.05, 0) is 42.0 Å². The molecular weight excluding hydrogens is 273 g/mol. The van der Waals surface area contributed by atoms with E-state index in [0.29, 0.717) is 16.7 Å². The Morgan fingerprint density at radius 3 is 2.52 bits per heavy atom. The summed E-state index contributed by atoms with van der Waals surface area (Å²) < 4.78 is 23.4. The normalized spacial score (nSPS) is 9.76. The van der Waals surface area contributed by atoms with Gasteiger partial charge in [-0.1, -0.05) is 6.07 Å². The molecular formula is C16H12FNO3. The van der Waals surface area contributed by atoms with E-state index in [-0.39, 0.29) is 12.4 Å².